The zero-order valence-electron chi connectivity index (χ0n) is 11.5. The van der Waals surface area contributed by atoms with Crippen LogP contribution in [0.2, 0.25) is 0 Å². The van der Waals surface area contributed by atoms with Gasteiger partial charge < -0.3 is 10.8 Å². The minimum absolute atomic E-state index is 0.296. The number of amides is 1. The summed E-state index contributed by atoms with van der Waals surface area (Å²) in [6, 6.07) is 0.797. The lowest BCUT2D eigenvalue weighted by molar-refractivity contribution is -0.133. The largest absolute Gasteiger partial charge is 0.382 e. The van der Waals surface area contributed by atoms with Crippen molar-refractivity contribution in [1.29, 1.82) is 0 Å². The molecule has 0 saturated carbocycles. The first-order valence-electron chi connectivity index (χ1n) is 6.25. The number of benzene rings is 1. The van der Waals surface area contributed by atoms with Gasteiger partial charge in [0.25, 0.3) is 0 Å². The fourth-order valence-electron chi connectivity index (χ4n) is 2.11. The van der Waals surface area contributed by atoms with Crippen LogP contribution in [-0.4, -0.2) is 25.8 Å². The van der Waals surface area contributed by atoms with E-state index in [1.54, 1.807) is 0 Å². The van der Waals surface area contributed by atoms with Gasteiger partial charge in [0.05, 0.1) is 12.5 Å². The third-order valence-electron chi connectivity index (χ3n) is 3.49. The molecule has 0 spiro atoms. The lowest BCUT2D eigenvalue weighted by Crippen LogP contribution is -2.45. The smallest absolute Gasteiger partial charge is 0.223 e. The van der Waals surface area contributed by atoms with E-state index in [0.717, 1.165) is 11.0 Å². The summed E-state index contributed by atoms with van der Waals surface area (Å²) < 4.78 is 41.6. The van der Waals surface area contributed by atoms with E-state index < -0.39 is 47.0 Å². The Morgan fingerprint density at radius 2 is 2.00 bits per heavy atom. The highest BCUT2D eigenvalue weighted by molar-refractivity contribution is 5.77. The zero-order chi connectivity index (χ0) is 16.5. The highest BCUT2D eigenvalue weighted by Crippen LogP contribution is 2.34. The summed E-state index contributed by atoms with van der Waals surface area (Å²) in [5.41, 5.74) is 2.36. The highest BCUT2D eigenvalue weighted by Gasteiger charge is 2.42. The summed E-state index contributed by atoms with van der Waals surface area (Å²) in [6.07, 6.45) is 2.38. The molecule has 118 valence electrons. The molecule has 0 fully saturated rings. The van der Waals surface area contributed by atoms with Gasteiger partial charge in [0.15, 0.2) is 11.6 Å². The van der Waals surface area contributed by atoms with Crippen molar-refractivity contribution in [3.05, 3.63) is 47.8 Å². The van der Waals surface area contributed by atoms with E-state index in [9.17, 15) is 23.1 Å². The fraction of sp³-hybridized carbons (Fsp3) is 0.308. The summed E-state index contributed by atoms with van der Waals surface area (Å²) in [6.45, 7) is 0.832. The first-order chi connectivity index (χ1) is 10.3. The molecule has 0 aliphatic carbocycles. The van der Waals surface area contributed by atoms with Crippen molar-refractivity contribution in [1.82, 2.24) is 14.8 Å². The molecule has 2 aromatic rings. The van der Waals surface area contributed by atoms with E-state index >= 15 is 0 Å². The Balaban J connectivity index is 2.58. The molecule has 0 saturated heterocycles. The number of aromatic nitrogens is 3. The Kier molecular flexibility index (Phi) is 4.18. The lowest BCUT2D eigenvalue weighted by atomic mass is 9.81. The minimum atomic E-state index is -2.22. The van der Waals surface area contributed by atoms with Crippen LogP contribution in [0.5, 0.6) is 0 Å². The molecular weight excluding hydrogens is 301 g/mol. The van der Waals surface area contributed by atoms with E-state index in [4.69, 9.17) is 5.73 Å². The molecule has 3 N–H and O–H groups in total. The average Bonchev–Trinajstić information content (AvgIpc) is 2.94. The Morgan fingerprint density at radius 3 is 2.55 bits per heavy atom. The second kappa shape index (κ2) is 5.76. The Hall–Kier alpha value is -2.42. The van der Waals surface area contributed by atoms with Crippen LogP contribution in [0.25, 0.3) is 0 Å². The third-order valence-corrected chi connectivity index (χ3v) is 3.49. The molecule has 1 heterocycles. The van der Waals surface area contributed by atoms with E-state index in [1.807, 2.05) is 0 Å². The second-order valence-corrected chi connectivity index (χ2v) is 4.89. The minimum Gasteiger partial charge on any atom is -0.382 e. The van der Waals surface area contributed by atoms with Crippen molar-refractivity contribution in [3.63, 3.8) is 0 Å². The Morgan fingerprint density at radius 1 is 1.36 bits per heavy atom. The van der Waals surface area contributed by atoms with E-state index in [2.05, 4.69) is 10.1 Å². The average molecular weight is 314 g/mol. The summed E-state index contributed by atoms with van der Waals surface area (Å²) >= 11 is 0. The molecule has 6 nitrogen and oxygen atoms in total. The van der Waals surface area contributed by atoms with Gasteiger partial charge in [-0.3, -0.25) is 4.79 Å². The monoisotopic (exact) mass is 314 g/mol. The van der Waals surface area contributed by atoms with Crippen LogP contribution in [0, 0.1) is 23.4 Å². The van der Waals surface area contributed by atoms with Crippen molar-refractivity contribution >= 4 is 5.91 Å². The van der Waals surface area contributed by atoms with Crippen LogP contribution in [0.4, 0.5) is 13.2 Å². The molecule has 9 heteroatoms. The summed E-state index contributed by atoms with van der Waals surface area (Å²) in [7, 11) is 0. The van der Waals surface area contributed by atoms with Gasteiger partial charge in [0, 0.05) is 11.6 Å². The maximum Gasteiger partial charge on any atom is 0.223 e. The topological polar surface area (TPSA) is 94.0 Å². The van der Waals surface area contributed by atoms with E-state index in [-0.39, 0.29) is 0 Å². The van der Waals surface area contributed by atoms with Crippen LogP contribution in [0.15, 0.2) is 24.8 Å². The summed E-state index contributed by atoms with van der Waals surface area (Å²) in [5.74, 6) is -6.20. The molecule has 1 aromatic heterocycles. The first-order valence-corrected chi connectivity index (χ1v) is 6.25. The van der Waals surface area contributed by atoms with Gasteiger partial charge in [-0.2, -0.15) is 5.10 Å². The maximum atomic E-state index is 14.0. The molecule has 22 heavy (non-hydrogen) atoms. The number of carbonyl (C=O) groups is 1. The summed E-state index contributed by atoms with van der Waals surface area (Å²) in [4.78, 5) is 15.1. The van der Waals surface area contributed by atoms with Gasteiger partial charge in [0.1, 0.15) is 24.1 Å². The molecule has 2 atom stereocenters. The predicted octanol–water partition coefficient (Wildman–Crippen LogP) is 0.705. The highest BCUT2D eigenvalue weighted by atomic mass is 19.2. The van der Waals surface area contributed by atoms with Crippen molar-refractivity contribution in [3.8, 4) is 0 Å². The molecule has 0 bridgehead atoms. The van der Waals surface area contributed by atoms with Gasteiger partial charge in [-0.1, -0.05) is 6.92 Å². The number of primary amides is 1. The van der Waals surface area contributed by atoms with Gasteiger partial charge in [-0.15, -0.1) is 0 Å². The molecule has 1 amide bonds. The fourth-order valence-corrected chi connectivity index (χ4v) is 2.11. The molecule has 0 radical (unpaired) electrons. The SMILES string of the molecule is C[C@@H](C(N)=O)[C@](O)(Cn1cncn1)c1cc(F)c(F)cc1F. The van der Waals surface area contributed by atoms with Crippen LogP contribution in [-0.2, 0) is 16.9 Å². The van der Waals surface area contributed by atoms with Crippen molar-refractivity contribution < 1.29 is 23.1 Å². The first kappa shape index (κ1) is 16.0. The molecule has 0 aliphatic rings. The number of halogens is 3. The zero-order valence-corrected chi connectivity index (χ0v) is 11.5. The summed E-state index contributed by atoms with van der Waals surface area (Å²) in [5, 5.41) is 14.5. The van der Waals surface area contributed by atoms with Gasteiger partial charge in [0.2, 0.25) is 5.91 Å². The number of aliphatic hydroxyl groups is 1. The molecule has 1 aromatic carbocycles. The number of nitrogens with two attached hydrogens (primary N) is 1. The molecule has 0 aliphatic heterocycles. The molecule has 2 rings (SSSR count). The van der Waals surface area contributed by atoms with Crippen LogP contribution >= 0.6 is 0 Å². The lowest BCUT2D eigenvalue weighted by Gasteiger charge is -2.33. The van der Waals surface area contributed by atoms with Crippen molar-refractivity contribution in [2.45, 2.75) is 19.1 Å². The number of rotatable bonds is 5. The van der Waals surface area contributed by atoms with Crippen molar-refractivity contribution in [2.75, 3.05) is 0 Å². The molecule has 0 unspecified atom stereocenters. The van der Waals surface area contributed by atoms with Gasteiger partial charge >= 0.3 is 0 Å². The van der Waals surface area contributed by atoms with Crippen LogP contribution in [0.3, 0.4) is 0 Å². The van der Waals surface area contributed by atoms with Crippen LogP contribution in [0.1, 0.15) is 12.5 Å². The van der Waals surface area contributed by atoms with Gasteiger partial charge in [-0.05, 0) is 6.07 Å². The van der Waals surface area contributed by atoms with Crippen molar-refractivity contribution in [2.24, 2.45) is 11.7 Å². The predicted molar refractivity (Wildman–Crippen MR) is 68.6 cm³/mol. The quantitative estimate of drug-likeness (QED) is 0.795. The van der Waals surface area contributed by atoms with E-state index in [0.29, 0.717) is 12.1 Å². The normalized spacial score (nSPS) is 15.3. The van der Waals surface area contributed by atoms with Gasteiger partial charge in [-0.25, -0.2) is 22.8 Å². The standard InChI is InChI=1S/C13H13F3N4O2/c1-7(12(17)21)13(22,4-20-6-18-5-19-20)8-2-10(15)11(16)3-9(8)14/h2-3,5-7,22H,4H2,1H3,(H2,17,21)/t7-,13+/m0/s1. The third kappa shape index (κ3) is 2.80. The maximum absolute atomic E-state index is 14.0. The number of nitrogens with zero attached hydrogens (tertiary/aromatic N) is 3. The number of carbonyl (C=O) groups excluding carboxylic acids is 1. The van der Waals surface area contributed by atoms with E-state index in [1.165, 1.54) is 13.3 Å². The Labute approximate surface area is 123 Å². The second-order valence-electron chi connectivity index (χ2n) is 4.89. The number of hydrogen-bond acceptors (Lipinski definition) is 4. The number of hydrogen-bond donors (Lipinski definition) is 2. The Bertz CT molecular complexity index is 693. The molecular formula is C13H13F3N4O2. The van der Waals surface area contributed by atoms with Crippen LogP contribution < -0.4 is 5.73 Å².